The maximum absolute atomic E-state index is 12.7. The number of aliphatic hydroxyl groups excluding tert-OH is 1. The van der Waals surface area contributed by atoms with E-state index >= 15 is 0 Å². The van der Waals surface area contributed by atoms with E-state index in [1.165, 1.54) is 28.2 Å². The summed E-state index contributed by atoms with van der Waals surface area (Å²) >= 11 is 2.58. The van der Waals surface area contributed by atoms with Crippen molar-refractivity contribution in [1.29, 1.82) is 0 Å². The van der Waals surface area contributed by atoms with E-state index in [9.17, 15) is 24.6 Å². The predicted molar refractivity (Wildman–Crippen MR) is 108 cm³/mol. The van der Waals surface area contributed by atoms with Crippen LogP contribution in [0, 0.1) is 0 Å². The first-order valence-electron chi connectivity index (χ1n) is 9.15. The Kier molecular flexibility index (Phi) is 8.01. The number of β-lactam (4-membered cyclic amide) rings is 1. The van der Waals surface area contributed by atoms with Crippen LogP contribution in [-0.4, -0.2) is 70.9 Å². The third kappa shape index (κ3) is 4.72. The Bertz CT molecular complexity index is 1070. The van der Waals surface area contributed by atoms with Gasteiger partial charge in [-0.2, -0.15) is 0 Å². The number of hydrogen-bond acceptors (Lipinski definition) is 10. The smallest absolute Gasteiger partial charge is 0.543 e. The van der Waals surface area contributed by atoms with Crippen molar-refractivity contribution >= 4 is 41.3 Å². The first-order chi connectivity index (χ1) is 14.9. The van der Waals surface area contributed by atoms with Crippen LogP contribution in [-0.2, 0) is 21.4 Å². The number of tetrazole rings is 1. The second-order valence-electron chi connectivity index (χ2n) is 6.82. The fraction of sp³-hybridized carbons (Fsp3) is 0.333. The number of fused-ring (bicyclic) bond motifs is 1. The molecule has 0 saturated carbocycles. The SMILES string of the molecule is Cn1nnnc1SCC1=C(C(=O)[O-])N2C(=O)C(NC(=O)C(O)c3ccccc3)[C@@H]2SC1.[Na+]. The van der Waals surface area contributed by atoms with Gasteiger partial charge < -0.3 is 20.3 Å². The summed E-state index contributed by atoms with van der Waals surface area (Å²) in [6.07, 6.45) is -1.43. The molecule has 3 heterocycles. The molecular formula is C18H17N6NaO5S2. The number of aryl methyl sites for hydroxylation is 1. The van der Waals surface area contributed by atoms with Gasteiger partial charge in [0.1, 0.15) is 11.4 Å². The maximum Gasteiger partial charge on any atom is 1.00 e. The second kappa shape index (κ2) is 10.4. The number of nitrogens with zero attached hydrogens (tertiary/aromatic N) is 5. The Morgan fingerprint density at radius 3 is 2.72 bits per heavy atom. The normalized spacial score (nSPS) is 20.7. The van der Waals surface area contributed by atoms with Gasteiger partial charge in [0.05, 0.1) is 11.7 Å². The van der Waals surface area contributed by atoms with Crippen LogP contribution in [0.5, 0.6) is 0 Å². The molecule has 11 nitrogen and oxygen atoms in total. The van der Waals surface area contributed by atoms with E-state index in [1.54, 1.807) is 37.4 Å². The maximum atomic E-state index is 12.7. The number of amides is 2. The molecule has 0 aliphatic carbocycles. The minimum atomic E-state index is -1.46. The molecule has 2 amide bonds. The van der Waals surface area contributed by atoms with Gasteiger partial charge in [0.25, 0.3) is 11.8 Å². The largest absolute Gasteiger partial charge is 1.00 e. The third-order valence-corrected chi connectivity index (χ3v) is 7.30. The molecule has 2 aliphatic heterocycles. The Hall–Kier alpha value is -1.90. The number of rotatable bonds is 7. The molecule has 0 radical (unpaired) electrons. The predicted octanol–water partition coefficient (Wildman–Crippen LogP) is -4.56. The number of aliphatic carboxylic acids is 1. The zero-order chi connectivity index (χ0) is 22.1. The van der Waals surface area contributed by atoms with Gasteiger partial charge in [-0.05, 0) is 21.6 Å². The number of thioether (sulfide) groups is 2. The number of nitrogens with one attached hydrogen (secondary N) is 1. The van der Waals surface area contributed by atoms with Gasteiger partial charge in [-0.1, -0.05) is 42.1 Å². The van der Waals surface area contributed by atoms with Crippen LogP contribution in [0.2, 0.25) is 0 Å². The second-order valence-corrected chi connectivity index (χ2v) is 8.87. The molecule has 32 heavy (non-hydrogen) atoms. The fourth-order valence-corrected chi connectivity index (χ4v) is 5.63. The summed E-state index contributed by atoms with van der Waals surface area (Å²) in [7, 11) is 1.66. The molecule has 2 N–H and O–H groups in total. The van der Waals surface area contributed by atoms with Crippen molar-refractivity contribution in [3.05, 3.63) is 47.2 Å². The van der Waals surface area contributed by atoms with Crippen molar-refractivity contribution in [2.24, 2.45) is 7.05 Å². The van der Waals surface area contributed by atoms with Crippen LogP contribution in [0.25, 0.3) is 0 Å². The Labute approximate surface area is 213 Å². The average Bonchev–Trinajstić information content (AvgIpc) is 3.19. The van der Waals surface area contributed by atoms with Gasteiger partial charge in [0, 0.05) is 18.6 Å². The zero-order valence-electron chi connectivity index (χ0n) is 17.2. The van der Waals surface area contributed by atoms with Gasteiger partial charge in [0.15, 0.2) is 6.10 Å². The van der Waals surface area contributed by atoms with E-state index in [2.05, 4.69) is 20.8 Å². The molecular weight excluding hydrogens is 467 g/mol. The number of carboxylic acid groups (broad SMARTS) is 1. The van der Waals surface area contributed by atoms with E-state index in [0.29, 0.717) is 22.0 Å². The van der Waals surface area contributed by atoms with Crippen LogP contribution in [0.3, 0.4) is 0 Å². The Morgan fingerprint density at radius 1 is 1.38 bits per heavy atom. The van der Waals surface area contributed by atoms with Crippen molar-refractivity contribution in [3.8, 4) is 0 Å². The molecule has 0 bridgehead atoms. The van der Waals surface area contributed by atoms with Crippen molar-refractivity contribution < 1.29 is 54.2 Å². The molecule has 2 unspecified atom stereocenters. The number of carbonyl (C=O) groups is 3. The van der Waals surface area contributed by atoms with Crippen molar-refractivity contribution in [3.63, 3.8) is 0 Å². The number of carboxylic acids is 1. The monoisotopic (exact) mass is 484 g/mol. The van der Waals surface area contributed by atoms with E-state index in [0.717, 1.165) is 4.90 Å². The van der Waals surface area contributed by atoms with Crippen molar-refractivity contribution in [1.82, 2.24) is 30.4 Å². The molecule has 162 valence electrons. The van der Waals surface area contributed by atoms with E-state index in [1.807, 2.05) is 0 Å². The van der Waals surface area contributed by atoms with Crippen LogP contribution >= 0.6 is 23.5 Å². The van der Waals surface area contributed by atoms with Gasteiger partial charge in [0.2, 0.25) is 5.16 Å². The molecule has 1 saturated heterocycles. The molecule has 1 aromatic heterocycles. The van der Waals surface area contributed by atoms with Crippen LogP contribution in [0.4, 0.5) is 0 Å². The molecule has 1 fully saturated rings. The summed E-state index contributed by atoms with van der Waals surface area (Å²) in [5.74, 6) is -2.14. The minimum Gasteiger partial charge on any atom is -0.543 e. The van der Waals surface area contributed by atoms with E-state index in [4.69, 9.17) is 0 Å². The average molecular weight is 484 g/mol. The number of aliphatic hydroxyl groups is 1. The quantitative estimate of drug-likeness (QED) is 0.223. The van der Waals surface area contributed by atoms with Gasteiger partial charge in [-0.15, -0.1) is 16.9 Å². The first kappa shape index (κ1) is 24.7. The van der Waals surface area contributed by atoms with Gasteiger partial charge in [-0.3, -0.25) is 14.5 Å². The fourth-order valence-electron chi connectivity index (χ4n) is 3.30. The molecule has 14 heteroatoms. The Balaban J connectivity index is 0.00000289. The standard InChI is InChI=1S/C18H18N6O5S2.Na/c1-23-18(20-21-22-23)31-8-10-7-30-16-11(15(27)24(16)12(10)17(28)29)19-14(26)13(25)9-5-3-2-4-6-9;/h2-6,11,13,16,25H,7-8H2,1H3,(H,19,26)(H,28,29);/q;+1/p-1/t11?,13?,16-;/m0./s1. The number of benzene rings is 1. The summed E-state index contributed by atoms with van der Waals surface area (Å²) in [4.78, 5) is 38.0. The molecule has 4 rings (SSSR count). The van der Waals surface area contributed by atoms with Gasteiger partial charge in [-0.25, -0.2) is 4.68 Å². The van der Waals surface area contributed by atoms with E-state index < -0.39 is 35.3 Å². The van der Waals surface area contributed by atoms with Crippen molar-refractivity contribution in [2.45, 2.75) is 22.7 Å². The number of hydrogen-bond donors (Lipinski definition) is 2. The summed E-state index contributed by atoms with van der Waals surface area (Å²) < 4.78 is 1.46. The molecule has 2 aliphatic rings. The minimum absolute atomic E-state index is 0. The summed E-state index contributed by atoms with van der Waals surface area (Å²) in [6, 6.07) is 7.40. The summed E-state index contributed by atoms with van der Waals surface area (Å²) in [5.41, 5.74) is 0.718. The zero-order valence-corrected chi connectivity index (χ0v) is 20.8. The van der Waals surface area contributed by atoms with E-state index in [-0.39, 0.29) is 41.0 Å². The molecule has 0 spiro atoms. The summed E-state index contributed by atoms with van der Waals surface area (Å²) in [6.45, 7) is 0. The van der Waals surface area contributed by atoms with Gasteiger partial charge >= 0.3 is 29.6 Å². The number of aromatic nitrogens is 4. The van der Waals surface area contributed by atoms with Crippen LogP contribution in [0.1, 0.15) is 11.7 Å². The Morgan fingerprint density at radius 2 is 2.09 bits per heavy atom. The first-order valence-corrected chi connectivity index (χ1v) is 11.2. The van der Waals surface area contributed by atoms with Crippen LogP contribution < -0.4 is 40.0 Å². The molecule has 1 aromatic carbocycles. The number of carbonyl (C=O) groups excluding carboxylic acids is 3. The molecule has 2 aromatic rings. The topological polar surface area (TPSA) is 153 Å². The van der Waals surface area contributed by atoms with Crippen molar-refractivity contribution in [2.75, 3.05) is 11.5 Å². The summed E-state index contributed by atoms with van der Waals surface area (Å²) in [5, 5.41) is 35.6. The van der Waals surface area contributed by atoms with Crippen LogP contribution in [0.15, 0.2) is 46.8 Å². The molecule has 3 atom stereocenters. The third-order valence-electron chi connectivity index (χ3n) is 4.86.